The van der Waals surface area contributed by atoms with Crippen molar-refractivity contribution in [2.45, 2.75) is 78.8 Å². The summed E-state index contributed by atoms with van der Waals surface area (Å²) in [6, 6.07) is 18.3. The number of nitrogens with zero attached hydrogens (tertiary/aromatic N) is 1. The maximum atomic E-state index is 14.0. The van der Waals surface area contributed by atoms with Crippen LogP contribution in [0.4, 0.5) is 13.6 Å². The van der Waals surface area contributed by atoms with Crippen molar-refractivity contribution in [2.75, 3.05) is 13.1 Å². The summed E-state index contributed by atoms with van der Waals surface area (Å²) in [6.45, 7) is 12.2. The summed E-state index contributed by atoms with van der Waals surface area (Å²) in [4.78, 5) is 27.8. The summed E-state index contributed by atoms with van der Waals surface area (Å²) in [6.07, 6.45) is 0.730. The average Bonchev–Trinajstić information content (AvgIpc) is 3.43. The number of rotatable bonds is 10. The molecule has 7 nitrogen and oxygen atoms in total. The van der Waals surface area contributed by atoms with Crippen molar-refractivity contribution in [1.29, 1.82) is 0 Å². The van der Waals surface area contributed by atoms with Crippen molar-refractivity contribution in [3.8, 4) is 11.5 Å². The van der Waals surface area contributed by atoms with Crippen LogP contribution in [0.15, 0.2) is 66.7 Å². The maximum Gasteiger partial charge on any atom is 0.410 e. The van der Waals surface area contributed by atoms with E-state index in [9.17, 15) is 18.4 Å². The second-order valence-electron chi connectivity index (χ2n) is 13.4. The fourth-order valence-corrected chi connectivity index (χ4v) is 5.14. The summed E-state index contributed by atoms with van der Waals surface area (Å²) in [5, 5.41) is 0. The molecule has 1 saturated heterocycles. The van der Waals surface area contributed by atoms with Gasteiger partial charge < -0.3 is 23.8 Å². The van der Waals surface area contributed by atoms with Crippen LogP contribution in [0.3, 0.4) is 0 Å². The summed E-state index contributed by atoms with van der Waals surface area (Å²) < 4.78 is 50.3. The molecule has 9 heteroatoms. The highest BCUT2D eigenvalue weighted by atomic mass is 19.1. The van der Waals surface area contributed by atoms with Crippen molar-refractivity contribution in [2.24, 2.45) is 11.8 Å². The Labute approximate surface area is 264 Å². The van der Waals surface area contributed by atoms with E-state index in [0.29, 0.717) is 37.4 Å². The quantitative estimate of drug-likeness (QED) is 0.214. The standard InChI is InChI=1S/C36H43F2NO6/c1-35(2,3)44-33(40)31(26-15-16-39(21-26)34(41)45-36(4,5)6)19-24-9-7-11-29(17-24)42-22-25-10-8-12-30(18-25)43-23-27-13-14-28(37)20-32(27)38/h7-14,17-18,20,26,31H,15-16,19,21-23H2,1-6H3/t26-,31-/m0/s1. The SMILES string of the molecule is CC(C)(C)OC(=O)[C@@H](Cc1cccc(OCc2cccc(OCc3ccc(F)cc3F)c2)c1)[C@H]1CCN(C(=O)OC(C)(C)C)C1. The minimum Gasteiger partial charge on any atom is -0.489 e. The summed E-state index contributed by atoms with van der Waals surface area (Å²) >= 11 is 0. The fourth-order valence-electron chi connectivity index (χ4n) is 5.14. The highest BCUT2D eigenvalue weighted by molar-refractivity contribution is 5.74. The Hall–Kier alpha value is -4.14. The zero-order valence-corrected chi connectivity index (χ0v) is 26.9. The molecule has 0 bridgehead atoms. The normalized spacial score (nSPS) is 15.8. The van der Waals surface area contributed by atoms with Crippen LogP contribution in [0.5, 0.6) is 11.5 Å². The van der Waals surface area contributed by atoms with Gasteiger partial charge in [-0.2, -0.15) is 0 Å². The molecule has 0 aliphatic carbocycles. The lowest BCUT2D eigenvalue weighted by Crippen LogP contribution is -2.38. The molecule has 0 spiro atoms. The Morgan fingerprint density at radius 1 is 0.822 bits per heavy atom. The van der Waals surface area contributed by atoms with Gasteiger partial charge in [-0.15, -0.1) is 0 Å². The molecule has 2 atom stereocenters. The molecule has 0 aromatic heterocycles. The Morgan fingerprint density at radius 2 is 1.44 bits per heavy atom. The van der Waals surface area contributed by atoms with Gasteiger partial charge in [-0.05, 0) is 108 Å². The first kappa shape index (κ1) is 33.7. The highest BCUT2D eigenvalue weighted by Gasteiger charge is 2.39. The van der Waals surface area contributed by atoms with Gasteiger partial charge in [-0.25, -0.2) is 13.6 Å². The first-order valence-corrected chi connectivity index (χ1v) is 15.2. The van der Waals surface area contributed by atoms with Crippen molar-refractivity contribution in [3.63, 3.8) is 0 Å². The molecule has 3 aromatic rings. The van der Waals surface area contributed by atoms with E-state index in [4.69, 9.17) is 18.9 Å². The third kappa shape index (κ3) is 10.5. The molecule has 1 amide bonds. The van der Waals surface area contributed by atoms with Gasteiger partial charge in [0.1, 0.15) is 47.5 Å². The van der Waals surface area contributed by atoms with Crippen molar-refractivity contribution in [3.05, 3.63) is 95.1 Å². The first-order chi connectivity index (χ1) is 21.1. The molecule has 0 radical (unpaired) electrons. The van der Waals surface area contributed by atoms with E-state index < -0.39 is 28.8 Å². The van der Waals surface area contributed by atoms with E-state index in [1.807, 2.05) is 77.9 Å². The minimum absolute atomic E-state index is 0.0339. The molecule has 0 N–H and O–H groups in total. The third-order valence-corrected chi connectivity index (χ3v) is 7.22. The van der Waals surface area contributed by atoms with Crippen LogP contribution in [-0.4, -0.2) is 41.3 Å². The Bertz CT molecular complexity index is 1480. The zero-order valence-electron chi connectivity index (χ0n) is 26.9. The maximum absolute atomic E-state index is 14.0. The van der Waals surface area contributed by atoms with Gasteiger partial charge in [-0.1, -0.05) is 24.3 Å². The number of esters is 1. The number of amides is 1. The van der Waals surface area contributed by atoms with E-state index in [1.165, 1.54) is 12.1 Å². The lowest BCUT2D eigenvalue weighted by molar-refractivity contribution is -0.162. The average molecular weight is 624 g/mol. The number of halogens is 2. The van der Waals surface area contributed by atoms with Crippen LogP contribution in [-0.2, 0) is 33.9 Å². The van der Waals surface area contributed by atoms with Crippen LogP contribution in [0.2, 0.25) is 0 Å². The molecule has 1 aliphatic heterocycles. The summed E-state index contributed by atoms with van der Waals surface area (Å²) in [5.41, 5.74) is 0.775. The van der Waals surface area contributed by atoms with E-state index in [0.717, 1.165) is 17.2 Å². The number of carbonyl (C=O) groups is 2. The van der Waals surface area contributed by atoms with Gasteiger partial charge in [0.15, 0.2) is 0 Å². The molecule has 4 rings (SSSR count). The topological polar surface area (TPSA) is 74.3 Å². The summed E-state index contributed by atoms with van der Waals surface area (Å²) in [7, 11) is 0. The second kappa shape index (κ2) is 14.3. The second-order valence-corrected chi connectivity index (χ2v) is 13.4. The molecular weight excluding hydrogens is 580 g/mol. The van der Waals surface area contributed by atoms with Gasteiger partial charge >= 0.3 is 12.1 Å². The third-order valence-electron chi connectivity index (χ3n) is 7.22. The Morgan fingerprint density at radius 3 is 2.09 bits per heavy atom. The van der Waals surface area contributed by atoms with Gasteiger partial charge in [0.25, 0.3) is 0 Å². The van der Waals surface area contributed by atoms with Crippen molar-refractivity contribution in [1.82, 2.24) is 4.90 Å². The number of benzene rings is 3. The highest BCUT2D eigenvalue weighted by Crippen LogP contribution is 2.31. The van der Waals surface area contributed by atoms with Crippen LogP contribution in [0.25, 0.3) is 0 Å². The molecule has 1 heterocycles. The molecule has 0 unspecified atom stereocenters. The monoisotopic (exact) mass is 623 g/mol. The first-order valence-electron chi connectivity index (χ1n) is 15.2. The van der Waals surface area contributed by atoms with E-state index >= 15 is 0 Å². The largest absolute Gasteiger partial charge is 0.489 e. The van der Waals surface area contributed by atoms with E-state index in [-0.39, 0.29) is 36.8 Å². The van der Waals surface area contributed by atoms with Crippen LogP contribution < -0.4 is 9.47 Å². The Kier molecular flexibility index (Phi) is 10.7. The van der Waals surface area contributed by atoms with Crippen LogP contribution >= 0.6 is 0 Å². The molecule has 3 aromatic carbocycles. The van der Waals surface area contributed by atoms with Gasteiger partial charge in [-0.3, -0.25) is 4.79 Å². The van der Waals surface area contributed by atoms with E-state index in [2.05, 4.69) is 0 Å². The van der Waals surface area contributed by atoms with Crippen LogP contribution in [0, 0.1) is 23.5 Å². The number of likely N-dealkylation sites (tertiary alicyclic amines) is 1. The van der Waals surface area contributed by atoms with Gasteiger partial charge in [0, 0.05) is 24.7 Å². The Balaban J connectivity index is 1.40. The molecule has 45 heavy (non-hydrogen) atoms. The molecule has 242 valence electrons. The zero-order chi connectivity index (χ0) is 32.8. The van der Waals surface area contributed by atoms with Crippen molar-refractivity contribution >= 4 is 12.1 Å². The smallest absolute Gasteiger partial charge is 0.410 e. The summed E-state index contributed by atoms with van der Waals surface area (Å²) in [5.74, 6) is -0.945. The fraction of sp³-hybridized carbons (Fsp3) is 0.444. The predicted octanol–water partition coefficient (Wildman–Crippen LogP) is 7.88. The molecule has 0 saturated carbocycles. The molecule has 1 fully saturated rings. The predicted molar refractivity (Wildman–Crippen MR) is 167 cm³/mol. The number of carbonyl (C=O) groups excluding carboxylic acids is 2. The number of ether oxygens (including phenoxy) is 4. The lowest BCUT2D eigenvalue weighted by atomic mass is 9.86. The number of hydrogen-bond donors (Lipinski definition) is 0. The molecular formula is C36H43F2NO6. The van der Waals surface area contributed by atoms with Crippen molar-refractivity contribution < 1.29 is 37.3 Å². The van der Waals surface area contributed by atoms with Crippen LogP contribution in [0.1, 0.15) is 64.7 Å². The molecule has 1 aliphatic rings. The van der Waals surface area contributed by atoms with Gasteiger partial charge in [0.05, 0.1) is 5.92 Å². The van der Waals surface area contributed by atoms with E-state index in [1.54, 1.807) is 17.0 Å². The minimum atomic E-state index is -0.656. The van der Waals surface area contributed by atoms with Gasteiger partial charge in [0.2, 0.25) is 0 Å². The number of hydrogen-bond acceptors (Lipinski definition) is 6. The lowest BCUT2D eigenvalue weighted by Gasteiger charge is -2.28.